The fourth-order valence-electron chi connectivity index (χ4n) is 2.50. The van der Waals surface area contributed by atoms with Crippen LogP contribution in [0.4, 0.5) is 5.69 Å². The molecule has 1 amide bonds. The molecule has 8 heteroatoms. The van der Waals surface area contributed by atoms with E-state index in [0.717, 1.165) is 0 Å². The summed E-state index contributed by atoms with van der Waals surface area (Å²) in [6.45, 7) is 2.48. The summed E-state index contributed by atoms with van der Waals surface area (Å²) < 4.78 is 20.9. The first-order valence-corrected chi connectivity index (χ1v) is 8.03. The van der Waals surface area contributed by atoms with Gasteiger partial charge in [0.05, 0.1) is 7.11 Å². The molecule has 0 unspecified atom stereocenters. The summed E-state index contributed by atoms with van der Waals surface area (Å²) in [5, 5.41) is 11.9. The molecule has 1 aliphatic heterocycles. The van der Waals surface area contributed by atoms with Crippen LogP contribution in [0.1, 0.15) is 21.9 Å². The minimum absolute atomic E-state index is 0.185. The van der Waals surface area contributed by atoms with Crippen molar-refractivity contribution in [3.05, 3.63) is 46.9 Å². The summed E-state index contributed by atoms with van der Waals surface area (Å²) >= 11 is 0. The Hall–Kier alpha value is -3.73. The van der Waals surface area contributed by atoms with E-state index < -0.39 is 11.9 Å². The maximum atomic E-state index is 12.4. The van der Waals surface area contributed by atoms with Gasteiger partial charge in [-0.3, -0.25) is 4.79 Å². The minimum Gasteiger partial charge on any atom is -0.486 e. The number of rotatable bonds is 4. The Bertz CT molecular complexity index is 967. The second-order valence-electron chi connectivity index (χ2n) is 5.59. The van der Waals surface area contributed by atoms with Gasteiger partial charge in [-0.25, -0.2) is 4.79 Å². The Labute approximate surface area is 154 Å². The third-order valence-corrected chi connectivity index (χ3v) is 3.79. The second kappa shape index (κ2) is 7.66. The number of ether oxygens (including phenoxy) is 3. The topological polar surface area (TPSA) is 111 Å². The van der Waals surface area contributed by atoms with Gasteiger partial charge in [-0.1, -0.05) is 0 Å². The van der Waals surface area contributed by atoms with Crippen molar-refractivity contribution in [2.75, 3.05) is 25.6 Å². The zero-order valence-corrected chi connectivity index (χ0v) is 14.7. The van der Waals surface area contributed by atoms with E-state index in [9.17, 15) is 14.9 Å². The molecule has 1 aliphatic rings. The number of amides is 1. The normalized spacial score (nSPS) is 12.9. The molecule has 0 radical (unpaired) electrons. The SMILES string of the molecule is COC(=O)c1cc(/C=C(\C#N)C(=O)Nc2ccc3c(c2)OCCO3)oc1C. The first-order chi connectivity index (χ1) is 13.0. The van der Waals surface area contributed by atoms with Gasteiger partial charge in [0.1, 0.15) is 41.9 Å². The molecule has 0 atom stereocenters. The van der Waals surface area contributed by atoms with Gasteiger partial charge in [0.25, 0.3) is 5.91 Å². The molecule has 1 aromatic carbocycles. The predicted octanol–water partition coefficient (Wildman–Crippen LogP) is 2.69. The number of esters is 1. The summed E-state index contributed by atoms with van der Waals surface area (Å²) in [5.41, 5.74) is 0.500. The number of methoxy groups -OCH3 is 1. The van der Waals surface area contributed by atoms with Crippen LogP contribution in [0.5, 0.6) is 11.5 Å². The summed E-state index contributed by atoms with van der Waals surface area (Å²) in [7, 11) is 1.26. The third kappa shape index (κ3) is 3.93. The highest BCUT2D eigenvalue weighted by Crippen LogP contribution is 2.32. The highest BCUT2D eigenvalue weighted by atomic mass is 16.6. The Balaban J connectivity index is 1.79. The van der Waals surface area contributed by atoms with Crippen molar-refractivity contribution in [1.29, 1.82) is 5.26 Å². The molecule has 2 aromatic rings. The maximum absolute atomic E-state index is 12.4. The van der Waals surface area contributed by atoms with Crippen LogP contribution < -0.4 is 14.8 Å². The number of anilines is 1. The fourth-order valence-corrected chi connectivity index (χ4v) is 2.50. The number of furan rings is 1. The Morgan fingerprint density at radius 2 is 1.96 bits per heavy atom. The van der Waals surface area contributed by atoms with Gasteiger partial charge < -0.3 is 23.9 Å². The minimum atomic E-state index is -0.622. The monoisotopic (exact) mass is 368 g/mol. The molecule has 0 aliphatic carbocycles. The molecule has 138 valence electrons. The smallest absolute Gasteiger partial charge is 0.341 e. The van der Waals surface area contributed by atoms with E-state index in [1.54, 1.807) is 25.1 Å². The number of aryl methyl sites for hydroxylation is 1. The van der Waals surface area contributed by atoms with Gasteiger partial charge in [-0.15, -0.1) is 0 Å². The number of carbonyl (C=O) groups excluding carboxylic acids is 2. The number of hydrogen-bond acceptors (Lipinski definition) is 7. The van der Waals surface area contributed by atoms with Crippen LogP contribution in [-0.2, 0) is 9.53 Å². The molecule has 2 heterocycles. The average molecular weight is 368 g/mol. The second-order valence-corrected chi connectivity index (χ2v) is 5.59. The number of nitriles is 1. The molecule has 0 spiro atoms. The van der Waals surface area contributed by atoms with E-state index in [0.29, 0.717) is 36.2 Å². The molecular formula is C19H16N2O6. The van der Waals surface area contributed by atoms with E-state index in [4.69, 9.17) is 13.9 Å². The van der Waals surface area contributed by atoms with Crippen LogP contribution >= 0.6 is 0 Å². The van der Waals surface area contributed by atoms with Crippen LogP contribution in [0.3, 0.4) is 0 Å². The number of hydrogen-bond donors (Lipinski definition) is 1. The van der Waals surface area contributed by atoms with Gasteiger partial charge in [0.15, 0.2) is 11.5 Å². The van der Waals surface area contributed by atoms with Crippen molar-refractivity contribution < 1.29 is 28.2 Å². The molecule has 1 aromatic heterocycles. The molecule has 27 heavy (non-hydrogen) atoms. The lowest BCUT2D eigenvalue weighted by Crippen LogP contribution is -2.17. The van der Waals surface area contributed by atoms with E-state index in [2.05, 4.69) is 10.1 Å². The van der Waals surface area contributed by atoms with Crippen molar-refractivity contribution in [2.45, 2.75) is 6.92 Å². The quantitative estimate of drug-likeness (QED) is 0.502. The summed E-state index contributed by atoms with van der Waals surface area (Å²) in [6.07, 6.45) is 1.26. The van der Waals surface area contributed by atoms with Crippen molar-refractivity contribution in [2.24, 2.45) is 0 Å². The molecular weight excluding hydrogens is 352 g/mol. The van der Waals surface area contributed by atoms with Crippen molar-refractivity contribution in [1.82, 2.24) is 0 Å². The Morgan fingerprint density at radius 3 is 2.67 bits per heavy atom. The highest BCUT2D eigenvalue weighted by Gasteiger charge is 2.18. The zero-order valence-electron chi connectivity index (χ0n) is 14.7. The van der Waals surface area contributed by atoms with E-state index in [1.807, 2.05) is 6.07 Å². The van der Waals surface area contributed by atoms with Crippen LogP contribution in [-0.4, -0.2) is 32.2 Å². The Morgan fingerprint density at radius 1 is 1.22 bits per heavy atom. The van der Waals surface area contributed by atoms with Crippen molar-refractivity contribution in [3.8, 4) is 17.6 Å². The third-order valence-electron chi connectivity index (χ3n) is 3.79. The van der Waals surface area contributed by atoms with Gasteiger partial charge in [0.2, 0.25) is 0 Å². The van der Waals surface area contributed by atoms with Crippen LogP contribution in [0.2, 0.25) is 0 Å². The van der Waals surface area contributed by atoms with Crippen LogP contribution in [0, 0.1) is 18.3 Å². The number of nitrogens with zero attached hydrogens (tertiary/aromatic N) is 1. The molecule has 8 nitrogen and oxygen atoms in total. The van der Waals surface area contributed by atoms with E-state index in [-0.39, 0.29) is 16.9 Å². The first-order valence-electron chi connectivity index (χ1n) is 8.03. The number of benzene rings is 1. The average Bonchev–Trinajstić information content (AvgIpc) is 3.05. The Kier molecular flexibility index (Phi) is 5.13. The standard InChI is InChI=1S/C19H16N2O6/c1-11-15(19(23)24-2)9-14(27-11)7-12(10-20)18(22)21-13-3-4-16-17(8-13)26-6-5-25-16/h3-4,7-9H,5-6H2,1-2H3,(H,21,22)/b12-7+. The largest absolute Gasteiger partial charge is 0.486 e. The highest BCUT2D eigenvalue weighted by molar-refractivity contribution is 6.09. The molecule has 0 bridgehead atoms. The summed E-state index contributed by atoms with van der Waals surface area (Å²) in [6, 6.07) is 8.18. The molecule has 3 rings (SSSR count). The zero-order chi connectivity index (χ0) is 19.4. The number of nitrogens with one attached hydrogen (secondary N) is 1. The number of fused-ring (bicyclic) bond motifs is 1. The van der Waals surface area contributed by atoms with E-state index >= 15 is 0 Å². The number of carbonyl (C=O) groups is 2. The van der Waals surface area contributed by atoms with Crippen LogP contribution in [0.15, 0.2) is 34.3 Å². The first kappa shape index (κ1) is 18.1. The van der Waals surface area contributed by atoms with Gasteiger partial charge in [0, 0.05) is 17.8 Å². The van der Waals surface area contributed by atoms with Gasteiger partial charge in [-0.05, 0) is 25.1 Å². The molecule has 0 saturated carbocycles. The lowest BCUT2D eigenvalue weighted by atomic mass is 10.2. The molecule has 0 fully saturated rings. The van der Waals surface area contributed by atoms with Crippen molar-refractivity contribution >= 4 is 23.6 Å². The van der Waals surface area contributed by atoms with Crippen LogP contribution in [0.25, 0.3) is 6.08 Å². The summed E-state index contributed by atoms with van der Waals surface area (Å²) in [4.78, 5) is 24.0. The predicted molar refractivity (Wildman–Crippen MR) is 94.4 cm³/mol. The lowest BCUT2D eigenvalue weighted by Gasteiger charge is -2.18. The lowest BCUT2D eigenvalue weighted by molar-refractivity contribution is -0.112. The maximum Gasteiger partial charge on any atom is 0.341 e. The fraction of sp³-hybridized carbons (Fsp3) is 0.211. The van der Waals surface area contributed by atoms with Crippen molar-refractivity contribution in [3.63, 3.8) is 0 Å². The van der Waals surface area contributed by atoms with Gasteiger partial charge in [-0.2, -0.15) is 5.26 Å². The van der Waals surface area contributed by atoms with E-state index in [1.165, 1.54) is 19.3 Å². The molecule has 0 saturated heterocycles. The molecule has 1 N–H and O–H groups in total. The summed E-state index contributed by atoms with van der Waals surface area (Å²) in [5.74, 6) is 0.458. The van der Waals surface area contributed by atoms with Gasteiger partial charge >= 0.3 is 5.97 Å².